The summed E-state index contributed by atoms with van der Waals surface area (Å²) >= 11 is 0. The lowest BCUT2D eigenvalue weighted by Gasteiger charge is -2.36. The van der Waals surface area contributed by atoms with Gasteiger partial charge in [-0.15, -0.1) is 0 Å². The fourth-order valence-corrected chi connectivity index (χ4v) is 4.26. The lowest BCUT2D eigenvalue weighted by atomic mass is 9.85. The van der Waals surface area contributed by atoms with Gasteiger partial charge in [0, 0.05) is 12.1 Å². The molecule has 0 amide bonds. The number of hydrogen-bond acceptors (Lipinski definition) is 1. The molecule has 0 radical (unpaired) electrons. The predicted octanol–water partition coefficient (Wildman–Crippen LogP) is 4.69. The van der Waals surface area contributed by atoms with Crippen LogP contribution in [0.1, 0.15) is 37.2 Å². The Bertz CT molecular complexity index is 587. The molecule has 1 heteroatoms. The van der Waals surface area contributed by atoms with Gasteiger partial charge in [-0.3, -0.25) is 0 Å². The molecule has 0 aromatic heterocycles. The van der Waals surface area contributed by atoms with Crippen LogP contribution in [-0.2, 0) is 0 Å². The third kappa shape index (κ3) is 2.40. The molecule has 2 unspecified atom stereocenters. The highest BCUT2D eigenvalue weighted by Gasteiger charge is 2.38. The average molecular weight is 277 g/mol. The molecule has 2 heterocycles. The maximum absolute atomic E-state index is 2.62. The first-order valence-electron chi connectivity index (χ1n) is 8.18. The summed E-state index contributed by atoms with van der Waals surface area (Å²) in [6.07, 6.45) is 5.49. The third-order valence-corrected chi connectivity index (χ3v) is 5.59. The van der Waals surface area contributed by atoms with Crippen LogP contribution < -0.4 is 0 Å². The highest BCUT2D eigenvalue weighted by Crippen LogP contribution is 2.42. The van der Waals surface area contributed by atoms with Gasteiger partial charge in [0.1, 0.15) is 0 Å². The summed E-state index contributed by atoms with van der Waals surface area (Å²) in [5, 5.41) is 0. The van der Waals surface area contributed by atoms with Crippen LogP contribution in [0.25, 0.3) is 11.1 Å². The highest BCUT2D eigenvalue weighted by atomic mass is 15.2. The van der Waals surface area contributed by atoms with Crippen molar-refractivity contribution in [2.24, 2.45) is 0 Å². The zero-order valence-corrected chi connectivity index (χ0v) is 12.7. The average Bonchev–Trinajstić information content (AvgIpc) is 2.77. The Morgan fingerprint density at radius 3 is 1.95 bits per heavy atom. The largest absolute Gasteiger partial charge is 0.300 e. The topological polar surface area (TPSA) is 3.24 Å². The molecule has 21 heavy (non-hydrogen) atoms. The van der Waals surface area contributed by atoms with Crippen LogP contribution in [0.5, 0.6) is 0 Å². The zero-order valence-electron chi connectivity index (χ0n) is 12.7. The summed E-state index contributed by atoms with van der Waals surface area (Å²) in [4.78, 5) is 2.62. The summed E-state index contributed by atoms with van der Waals surface area (Å²) in [6, 6.07) is 21.6. The molecular weight excluding hydrogens is 254 g/mol. The molecule has 2 aliphatic rings. The Labute approximate surface area is 127 Å². The van der Waals surface area contributed by atoms with Crippen LogP contribution >= 0.6 is 0 Å². The van der Waals surface area contributed by atoms with Gasteiger partial charge in [-0.05, 0) is 55.3 Å². The van der Waals surface area contributed by atoms with Crippen LogP contribution in [-0.4, -0.2) is 24.0 Å². The second-order valence-corrected chi connectivity index (χ2v) is 6.71. The fraction of sp³-hybridized carbons (Fsp3) is 0.400. The van der Waals surface area contributed by atoms with Gasteiger partial charge in [0.05, 0.1) is 0 Å². The molecule has 2 fully saturated rings. The van der Waals surface area contributed by atoms with Gasteiger partial charge >= 0.3 is 0 Å². The molecule has 2 bridgehead atoms. The van der Waals surface area contributed by atoms with Crippen LogP contribution in [0.15, 0.2) is 54.6 Å². The van der Waals surface area contributed by atoms with E-state index in [0.717, 1.165) is 18.0 Å². The van der Waals surface area contributed by atoms with Crippen LogP contribution in [0.2, 0.25) is 0 Å². The van der Waals surface area contributed by atoms with Crippen LogP contribution in [0, 0.1) is 0 Å². The van der Waals surface area contributed by atoms with E-state index in [1.165, 1.54) is 36.8 Å². The second-order valence-electron chi connectivity index (χ2n) is 6.71. The van der Waals surface area contributed by atoms with Crippen molar-refractivity contribution in [3.8, 4) is 11.1 Å². The Hall–Kier alpha value is -1.60. The van der Waals surface area contributed by atoms with Crippen molar-refractivity contribution in [2.45, 2.75) is 43.7 Å². The van der Waals surface area contributed by atoms with E-state index in [1.54, 1.807) is 5.56 Å². The first-order valence-corrected chi connectivity index (χ1v) is 8.18. The second kappa shape index (κ2) is 5.31. The summed E-state index contributed by atoms with van der Waals surface area (Å²) in [5.74, 6) is 0.767. The van der Waals surface area contributed by atoms with Crippen LogP contribution in [0.3, 0.4) is 0 Å². The van der Waals surface area contributed by atoms with Gasteiger partial charge in [-0.25, -0.2) is 0 Å². The van der Waals surface area contributed by atoms with Crippen molar-refractivity contribution in [1.29, 1.82) is 0 Å². The SMILES string of the molecule is CN1C2CC[C@@H]1CC(c1ccc(-c3ccccc3)cc1)C2. The number of nitrogens with zero attached hydrogens (tertiary/aromatic N) is 1. The van der Waals surface area contributed by atoms with E-state index < -0.39 is 0 Å². The smallest absolute Gasteiger partial charge is 0.0102 e. The Morgan fingerprint density at radius 1 is 0.762 bits per heavy atom. The van der Waals surface area contributed by atoms with Gasteiger partial charge in [0.2, 0.25) is 0 Å². The summed E-state index contributed by atoms with van der Waals surface area (Å²) in [5.41, 5.74) is 4.18. The number of hydrogen-bond donors (Lipinski definition) is 0. The molecule has 3 atom stereocenters. The standard InChI is InChI=1S/C20H23N/c1-21-19-11-12-20(21)14-18(13-19)17-9-7-16(8-10-17)15-5-3-2-4-6-15/h2-10,18-20H,11-14H2,1H3/t18?,19-,20?/m1/s1. The minimum Gasteiger partial charge on any atom is -0.300 e. The molecule has 0 spiro atoms. The number of piperidine rings is 1. The highest BCUT2D eigenvalue weighted by molar-refractivity contribution is 5.63. The van der Waals surface area contributed by atoms with Crippen molar-refractivity contribution in [3.05, 3.63) is 60.2 Å². The zero-order chi connectivity index (χ0) is 14.2. The lowest BCUT2D eigenvalue weighted by molar-refractivity contribution is 0.161. The quantitative estimate of drug-likeness (QED) is 0.769. The van der Waals surface area contributed by atoms with Crippen LogP contribution in [0.4, 0.5) is 0 Å². The fourth-order valence-electron chi connectivity index (χ4n) is 4.26. The van der Waals surface area contributed by atoms with Gasteiger partial charge in [0.15, 0.2) is 0 Å². The lowest BCUT2D eigenvalue weighted by Crippen LogP contribution is -2.39. The molecule has 4 rings (SSSR count). The van der Waals surface area contributed by atoms with Gasteiger partial charge in [0.25, 0.3) is 0 Å². The van der Waals surface area contributed by atoms with Gasteiger partial charge in [-0.2, -0.15) is 0 Å². The molecule has 2 aliphatic heterocycles. The van der Waals surface area contributed by atoms with Crippen molar-refractivity contribution >= 4 is 0 Å². The van der Waals surface area contributed by atoms with Gasteiger partial charge < -0.3 is 4.90 Å². The minimum absolute atomic E-state index is 0.767. The summed E-state index contributed by atoms with van der Waals surface area (Å²) in [6.45, 7) is 0. The Morgan fingerprint density at radius 2 is 1.33 bits per heavy atom. The predicted molar refractivity (Wildman–Crippen MR) is 88.4 cm³/mol. The van der Waals surface area contributed by atoms with E-state index >= 15 is 0 Å². The van der Waals surface area contributed by atoms with Gasteiger partial charge in [-0.1, -0.05) is 54.6 Å². The van der Waals surface area contributed by atoms with Crippen molar-refractivity contribution in [3.63, 3.8) is 0 Å². The normalized spacial score (nSPS) is 28.7. The molecular formula is C20H23N. The molecule has 0 aliphatic carbocycles. The maximum atomic E-state index is 2.62. The van der Waals surface area contributed by atoms with Crippen molar-refractivity contribution < 1.29 is 0 Å². The Balaban J connectivity index is 1.55. The maximum Gasteiger partial charge on any atom is 0.0102 e. The molecule has 2 aromatic carbocycles. The first-order chi connectivity index (χ1) is 10.3. The summed E-state index contributed by atoms with van der Waals surface area (Å²) < 4.78 is 0. The summed E-state index contributed by atoms with van der Waals surface area (Å²) in [7, 11) is 2.32. The van der Waals surface area contributed by atoms with E-state index in [1.807, 2.05) is 0 Å². The van der Waals surface area contributed by atoms with E-state index in [4.69, 9.17) is 0 Å². The third-order valence-electron chi connectivity index (χ3n) is 5.59. The molecule has 0 N–H and O–H groups in total. The first kappa shape index (κ1) is 13.1. The van der Waals surface area contributed by atoms with E-state index in [2.05, 4.69) is 66.5 Å². The molecule has 0 saturated carbocycles. The molecule has 108 valence electrons. The molecule has 2 saturated heterocycles. The number of fused-ring (bicyclic) bond motifs is 2. The molecule has 1 nitrogen and oxygen atoms in total. The monoisotopic (exact) mass is 277 g/mol. The van der Waals surface area contributed by atoms with Crippen molar-refractivity contribution in [1.82, 2.24) is 4.90 Å². The number of benzene rings is 2. The van der Waals surface area contributed by atoms with Crippen molar-refractivity contribution in [2.75, 3.05) is 7.05 Å². The Kier molecular flexibility index (Phi) is 3.31. The van der Waals surface area contributed by atoms with E-state index in [-0.39, 0.29) is 0 Å². The van der Waals surface area contributed by atoms with E-state index in [0.29, 0.717) is 0 Å². The number of rotatable bonds is 2. The minimum atomic E-state index is 0.767. The van der Waals surface area contributed by atoms with E-state index in [9.17, 15) is 0 Å². The molecule has 2 aromatic rings.